The summed E-state index contributed by atoms with van der Waals surface area (Å²) in [5, 5.41) is 9.24. The number of hydrogen-bond donors (Lipinski definition) is 4. The van der Waals surface area contributed by atoms with Gasteiger partial charge in [0.05, 0.1) is 5.56 Å². The smallest absolute Gasteiger partial charge is 0.322 e. The first kappa shape index (κ1) is 21.8. The average molecular weight is 444 g/mol. The predicted molar refractivity (Wildman–Crippen MR) is 128 cm³/mol. The maximum atomic E-state index is 12.3. The highest BCUT2D eigenvalue weighted by molar-refractivity contribution is 5.97. The molecular formula is C24H25N7O2. The van der Waals surface area contributed by atoms with Crippen LogP contribution >= 0.6 is 0 Å². The molecule has 1 aromatic heterocycles. The quantitative estimate of drug-likeness (QED) is 0.411. The van der Waals surface area contributed by atoms with Crippen molar-refractivity contribution >= 4 is 35.1 Å². The summed E-state index contributed by atoms with van der Waals surface area (Å²) < 4.78 is 0. The Labute approximate surface area is 191 Å². The maximum absolute atomic E-state index is 12.3. The molecule has 33 heavy (non-hydrogen) atoms. The molecule has 0 radical (unpaired) electrons. The van der Waals surface area contributed by atoms with E-state index in [-0.39, 0.29) is 23.6 Å². The molecule has 0 saturated heterocycles. The van der Waals surface area contributed by atoms with Crippen molar-refractivity contribution in [3.05, 3.63) is 84.1 Å². The molecule has 0 bridgehead atoms. The fourth-order valence-corrected chi connectivity index (χ4v) is 3.41. The number of carbonyl (C=O) groups is 2. The van der Waals surface area contributed by atoms with Crippen molar-refractivity contribution in [2.75, 3.05) is 29.0 Å². The molecule has 1 unspecified atom stereocenters. The predicted octanol–water partition coefficient (Wildman–Crippen LogP) is 3.90. The molecule has 2 heterocycles. The lowest BCUT2D eigenvalue weighted by atomic mass is 10.1. The van der Waals surface area contributed by atoms with Crippen LogP contribution in [0.1, 0.15) is 28.9 Å². The summed E-state index contributed by atoms with van der Waals surface area (Å²) in [5.74, 6) is 0.00255. The number of benzene rings is 2. The Morgan fingerprint density at radius 1 is 1.03 bits per heavy atom. The number of primary amides is 1. The number of anilines is 4. The second kappa shape index (κ2) is 9.82. The van der Waals surface area contributed by atoms with E-state index in [9.17, 15) is 9.59 Å². The van der Waals surface area contributed by atoms with Crippen molar-refractivity contribution in [1.82, 2.24) is 14.9 Å². The topological polar surface area (TPSA) is 125 Å². The van der Waals surface area contributed by atoms with Gasteiger partial charge in [-0.1, -0.05) is 48.6 Å². The van der Waals surface area contributed by atoms with Crippen LogP contribution in [-0.4, -0.2) is 39.9 Å². The standard InChI is InChI=1S/C24H25N7O2/c1-16(17-8-3-2-4-9-17)27-22-20(21(25)32)15-26-23(30-22)28-18-10-7-11-19(14-18)29-24(33)31-12-5-6-13-31/h2-11,14-16H,12-13H2,1H3,(H2,25,32)(H,29,33)(H2,26,27,28,30). The van der Waals surface area contributed by atoms with Gasteiger partial charge in [-0.05, 0) is 30.7 Å². The highest BCUT2D eigenvalue weighted by Gasteiger charge is 2.16. The number of nitrogens with two attached hydrogens (primary N) is 1. The van der Waals surface area contributed by atoms with E-state index in [0.717, 1.165) is 5.56 Å². The zero-order valence-electron chi connectivity index (χ0n) is 18.2. The van der Waals surface area contributed by atoms with Gasteiger partial charge in [-0.15, -0.1) is 0 Å². The Morgan fingerprint density at radius 2 is 1.76 bits per heavy atom. The summed E-state index contributed by atoms with van der Waals surface area (Å²) >= 11 is 0. The molecule has 1 aliphatic heterocycles. The van der Waals surface area contributed by atoms with E-state index in [1.165, 1.54) is 6.20 Å². The van der Waals surface area contributed by atoms with E-state index >= 15 is 0 Å². The first-order valence-corrected chi connectivity index (χ1v) is 10.6. The number of urea groups is 1. The van der Waals surface area contributed by atoms with Gasteiger partial charge in [0.2, 0.25) is 5.95 Å². The number of nitrogens with one attached hydrogen (secondary N) is 3. The third-order valence-corrected chi connectivity index (χ3v) is 5.18. The molecule has 0 saturated carbocycles. The zero-order valence-corrected chi connectivity index (χ0v) is 18.2. The number of carbonyl (C=O) groups excluding carboxylic acids is 2. The molecule has 1 atom stereocenters. The lowest BCUT2D eigenvalue weighted by Crippen LogP contribution is -2.32. The van der Waals surface area contributed by atoms with Crippen molar-refractivity contribution in [3.63, 3.8) is 0 Å². The van der Waals surface area contributed by atoms with Crippen LogP contribution in [0.2, 0.25) is 0 Å². The monoisotopic (exact) mass is 443 g/mol. The average Bonchev–Trinajstić information content (AvgIpc) is 3.35. The first-order chi connectivity index (χ1) is 16.0. The van der Waals surface area contributed by atoms with E-state index in [1.807, 2.05) is 61.5 Å². The molecule has 1 aliphatic rings. The van der Waals surface area contributed by atoms with Crippen LogP contribution in [0, 0.1) is 0 Å². The van der Waals surface area contributed by atoms with E-state index in [4.69, 9.17) is 5.73 Å². The Morgan fingerprint density at radius 3 is 2.48 bits per heavy atom. The Bertz CT molecular complexity index is 1170. The molecule has 5 N–H and O–H groups in total. The number of nitrogens with zero attached hydrogens (tertiary/aromatic N) is 3. The summed E-state index contributed by atoms with van der Waals surface area (Å²) in [6.07, 6.45) is 5.30. The Balaban J connectivity index is 1.50. The van der Waals surface area contributed by atoms with E-state index in [1.54, 1.807) is 17.0 Å². The molecule has 9 heteroatoms. The van der Waals surface area contributed by atoms with Gasteiger partial charge >= 0.3 is 6.03 Å². The SMILES string of the molecule is CC(Nc1nc(Nc2cccc(NC(=O)N3CC=CC3)c2)ncc1C(N)=O)c1ccccc1. The van der Waals surface area contributed by atoms with Crippen molar-refractivity contribution in [1.29, 1.82) is 0 Å². The third kappa shape index (κ3) is 5.45. The summed E-state index contributed by atoms with van der Waals surface area (Å²) in [6, 6.07) is 16.8. The van der Waals surface area contributed by atoms with Gasteiger partial charge in [0.15, 0.2) is 0 Å². The molecule has 9 nitrogen and oxygen atoms in total. The van der Waals surface area contributed by atoms with Crippen molar-refractivity contribution in [3.8, 4) is 0 Å². The minimum absolute atomic E-state index is 0.106. The van der Waals surface area contributed by atoms with Gasteiger partial charge in [-0.3, -0.25) is 4.79 Å². The number of aromatic nitrogens is 2. The van der Waals surface area contributed by atoms with Crippen LogP contribution in [0.25, 0.3) is 0 Å². The number of amides is 3. The molecule has 3 amide bonds. The summed E-state index contributed by atoms with van der Waals surface area (Å²) in [7, 11) is 0. The highest BCUT2D eigenvalue weighted by atomic mass is 16.2. The fourth-order valence-electron chi connectivity index (χ4n) is 3.41. The summed E-state index contributed by atoms with van der Waals surface area (Å²) in [5.41, 5.74) is 8.08. The molecule has 0 spiro atoms. The van der Waals surface area contributed by atoms with Crippen molar-refractivity contribution in [2.45, 2.75) is 13.0 Å². The molecule has 3 aromatic rings. The lowest BCUT2D eigenvalue weighted by molar-refractivity contribution is 0.100. The highest BCUT2D eigenvalue weighted by Crippen LogP contribution is 2.24. The van der Waals surface area contributed by atoms with E-state index < -0.39 is 5.91 Å². The summed E-state index contributed by atoms with van der Waals surface area (Å²) in [6.45, 7) is 3.17. The molecule has 168 valence electrons. The van der Waals surface area contributed by atoms with Gasteiger partial charge in [-0.25, -0.2) is 9.78 Å². The lowest BCUT2D eigenvalue weighted by Gasteiger charge is -2.18. The van der Waals surface area contributed by atoms with Crippen LogP contribution in [0.5, 0.6) is 0 Å². The van der Waals surface area contributed by atoms with Gasteiger partial charge in [0, 0.05) is 36.7 Å². The summed E-state index contributed by atoms with van der Waals surface area (Å²) in [4.78, 5) is 34.6. The second-order valence-corrected chi connectivity index (χ2v) is 7.61. The Hall–Kier alpha value is -4.40. The van der Waals surface area contributed by atoms with Crippen molar-refractivity contribution < 1.29 is 9.59 Å². The van der Waals surface area contributed by atoms with Crippen LogP contribution in [0.15, 0.2) is 72.9 Å². The van der Waals surface area contributed by atoms with E-state index in [2.05, 4.69) is 25.9 Å². The van der Waals surface area contributed by atoms with E-state index in [0.29, 0.717) is 30.3 Å². The van der Waals surface area contributed by atoms with Crippen LogP contribution in [0.4, 0.5) is 27.9 Å². The maximum Gasteiger partial charge on any atom is 0.322 e. The number of rotatable bonds is 7. The first-order valence-electron chi connectivity index (χ1n) is 10.6. The van der Waals surface area contributed by atoms with Crippen LogP contribution in [0.3, 0.4) is 0 Å². The largest absolute Gasteiger partial charge is 0.365 e. The second-order valence-electron chi connectivity index (χ2n) is 7.61. The van der Waals surface area contributed by atoms with Crippen LogP contribution < -0.4 is 21.7 Å². The van der Waals surface area contributed by atoms with Gasteiger partial charge in [0.1, 0.15) is 5.82 Å². The molecule has 0 aliphatic carbocycles. The zero-order chi connectivity index (χ0) is 23.2. The molecule has 4 rings (SSSR count). The van der Waals surface area contributed by atoms with Gasteiger partial charge in [-0.2, -0.15) is 4.98 Å². The molecular weight excluding hydrogens is 418 g/mol. The minimum Gasteiger partial charge on any atom is -0.365 e. The normalized spacial score (nSPS) is 13.4. The van der Waals surface area contributed by atoms with Gasteiger partial charge < -0.3 is 26.6 Å². The molecule has 0 fully saturated rings. The number of hydrogen-bond acceptors (Lipinski definition) is 6. The van der Waals surface area contributed by atoms with Crippen LogP contribution in [-0.2, 0) is 0 Å². The van der Waals surface area contributed by atoms with Crippen molar-refractivity contribution in [2.24, 2.45) is 5.73 Å². The fraction of sp³-hybridized carbons (Fsp3) is 0.167. The van der Waals surface area contributed by atoms with Gasteiger partial charge in [0.25, 0.3) is 5.91 Å². The Kier molecular flexibility index (Phi) is 6.49. The minimum atomic E-state index is -0.620. The molecule has 2 aromatic carbocycles. The third-order valence-electron chi connectivity index (χ3n) is 5.18.